The molecule has 1 unspecified atom stereocenters. The maximum Gasteiger partial charge on any atom is 0.306 e. The molecule has 25 heavy (non-hydrogen) atoms. The van der Waals surface area contributed by atoms with E-state index in [1.54, 1.807) is 20.9 Å². The molecule has 0 bridgehead atoms. The van der Waals surface area contributed by atoms with E-state index in [1.165, 1.54) is 4.68 Å². The number of esters is 1. The van der Waals surface area contributed by atoms with Crippen LogP contribution in [-0.2, 0) is 9.53 Å². The first kappa shape index (κ1) is 20.4. The van der Waals surface area contributed by atoms with Crippen molar-refractivity contribution in [2.24, 2.45) is 5.92 Å². The fraction of sp³-hybridized carbons (Fsp3) is 0.529. The van der Waals surface area contributed by atoms with E-state index in [-0.39, 0.29) is 18.9 Å². The van der Waals surface area contributed by atoms with Gasteiger partial charge in [0.25, 0.3) is 5.91 Å². The quantitative estimate of drug-likeness (QED) is 0.522. The number of nitrogens with zero attached hydrogens (tertiary/aromatic N) is 3. The molecule has 1 atom stereocenters. The molecular formula is C17H27N5O3. The van der Waals surface area contributed by atoms with Crippen LogP contribution in [0.15, 0.2) is 23.9 Å². The number of aromatic nitrogens is 3. The first-order valence-electron chi connectivity index (χ1n) is 8.41. The minimum atomic E-state index is -0.568. The molecule has 1 rings (SSSR count). The zero-order chi connectivity index (χ0) is 18.8. The van der Waals surface area contributed by atoms with Crippen LogP contribution in [-0.4, -0.2) is 40.3 Å². The molecule has 8 nitrogen and oxygen atoms in total. The lowest BCUT2D eigenvalue weighted by atomic mass is 10.1. The summed E-state index contributed by atoms with van der Waals surface area (Å²) in [7, 11) is 1.65. The zero-order valence-electron chi connectivity index (χ0n) is 15.5. The number of hydrogen-bond acceptors (Lipinski definition) is 7. The molecular weight excluding hydrogens is 322 g/mol. The second-order valence-electron chi connectivity index (χ2n) is 5.35. The highest BCUT2D eigenvalue weighted by atomic mass is 16.5. The molecule has 0 aliphatic heterocycles. The molecule has 0 radical (unpaired) electrons. The molecule has 138 valence electrons. The van der Waals surface area contributed by atoms with Crippen molar-refractivity contribution < 1.29 is 14.3 Å². The van der Waals surface area contributed by atoms with E-state index in [9.17, 15) is 9.59 Å². The summed E-state index contributed by atoms with van der Waals surface area (Å²) in [5.41, 5.74) is 0.827. The van der Waals surface area contributed by atoms with Crippen molar-refractivity contribution in [3.8, 4) is 0 Å². The minimum Gasteiger partial charge on any atom is -0.466 e. The molecule has 0 aliphatic carbocycles. The first-order valence-corrected chi connectivity index (χ1v) is 8.41. The number of nitrogens with one attached hydrogen (secondary N) is 2. The molecule has 8 heteroatoms. The second kappa shape index (κ2) is 10.3. The SMILES string of the molecule is C/C=C(\C=C/CC)Nc1nc(NC)n(C(=O)C(C)CC(=O)OCC)n1. The normalized spacial score (nSPS) is 12.9. The molecule has 0 saturated heterocycles. The predicted octanol–water partition coefficient (Wildman–Crippen LogP) is 2.83. The van der Waals surface area contributed by atoms with E-state index in [0.29, 0.717) is 11.9 Å². The van der Waals surface area contributed by atoms with Gasteiger partial charge in [0.2, 0.25) is 11.9 Å². The molecule has 1 heterocycles. The molecule has 1 aromatic rings. The van der Waals surface area contributed by atoms with E-state index in [1.807, 2.05) is 32.1 Å². The Morgan fingerprint density at radius 1 is 1.36 bits per heavy atom. The van der Waals surface area contributed by atoms with E-state index in [2.05, 4.69) is 20.7 Å². The predicted molar refractivity (Wildman–Crippen MR) is 97.4 cm³/mol. The third kappa shape index (κ3) is 6.06. The van der Waals surface area contributed by atoms with E-state index in [0.717, 1.165) is 12.1 Å². The Hall–Kier alpha value is -2.64. The van der Waals surface area contributed by atoms with Gasteiger partial charge in [-0.25, -0.2) is 0 Å². The Balaban J connectivity index is 2.93. The Morgan fingerprint density at radius 2 is 2.08 bits per heavy atom. The van der Waals surface area contributed by atoms with Crippen LogP contribution < -0.4 is 10.6 Å². The van der Waals surface area contributed by atoms with Crippen molar-refractivity contribution in [2.75, 3.05) is 24.3 Å². The van der Waals surface area contributed by atoms with E-state index in [4.69, 9.17) is 4.74 Å². The largest absolute Gasteiger partial charge is 0.466 e. The summed E-state index contributed by atoms with van der Waals surface area (Å²) in [6.45, 7) is 7.61. The molecule has 0 spiro atoms. The van der Waals surface area contributed by atoms with Crippen LogP contribution in [0.25, 0.3) is 0 Å². The van der Waals surface area contributed by atoms with Gasteiger partial charge in [-0.2, -0.15) is 9.67 Å². The number of anilines is 2. The Bertz CT molecular complexity index is 649. The lowest BCUT2D eigenvalue weighted by Gasteiger charge is -2.10. The van der Waals surface area contributed by atoms with Gasteiger partial charge >= 0.3 is 5.97 Å². The van der Waals surface area contributed by atoms with Gasteiger partial charge in [0.1, 0.15) is 0 Å². The van der Waals surface area contributed by atoms with Crippen molar-refractivity contribution in [3.63, 3.8) is 0 Å². The first-order chi connectivity index (χ1) is 12.0. The van der Waals surface area contributed by atoms with Gasteiger partial charge in [0.05, 0.1) is 13.0 Å². The molecule has 0 aromatic carbocycles. The van der Waals surface area contributed by atoms with Gasteiger partial charge < -0.3 is 15.4 Å². The topological polar surface area (TPSA) is 98.1 Å². The summed E-state index contributed by atoms with van der Waals surface area (Å²) in [5.74, 6) is -0.701. The van der Waals surface area contributed by atoms with Crippen LogP contribution in [0.4, 0.5) is 11.9 Å². The summed E-state index contributed by atoms with van der Waals surface area (Å²) >= 11 is 0. The average molecular weight is 349 g/mol. The number of rotatable bonds is 9. The monoisotopic (exact) mass is 349 g/mol. The summed E-state index contributed by atoms with van der Waals surface area (Å²) in [4.78, 5) is 28.4. The van der Waals surface area contributed by atoms with Crippen LogP contribution in [0.5, 0.6) is 0 Å². The summed E-state index contributed by atoms with van der Waals surface area (Å²) < 4.78 is 6.06. The zero-order valence-corrected chi connectivity index (χ0v) is 15.5. The van der Waals surface area contributed by atoms with Crippen molar-refractivity contribution >= 4 is 23.8 Å². The summed E-state index contributed by atoms with van der Waals surface area (Å²) in [5, 5.41) is 10.1. The van der Waals surface area contributed by atoms with Gasteiger partial charge in [-0.1, -0.05) is 26.0 Å². The van der Waals surface area contributed by atoms with Gasteiger partial charge in [0, 0.05) is 18.7 Å². The number of allylic oxidation sites excluding steroid dienone is 3. The third-order valence-electron chi connectivity index (χ3n) is 3.34. The van der Waals surface area contributed by atoms with Crippen LogP contribution in [0.2, 0.25) is 0 Å². The molecule has 0 aliphatic rings. The number of carbonyl (C=O) groups excluding carboxylic acids is 2. The lowest BCUT2D eigenvalue weighted by molar-refractivity contribution is -0.143. The fourth-order valence-corrected chi connectivity index (χ4v) is 2.03. The molecule has 0 amide bonds. The number of hydrogen-bond donors (Lipinski definition) is 2. The summed E-state index contributed by atoms with van der Waals surface area (Å²) in [6.07, 6.45) is 6.72. The molecule has 1 aromatic heterocycles. The maximum absolute atomic E-state index is 12.6. The number of ether oxygens (including phenoxy) is 1. The molecule has 2 N–H and O–H groups in total. The highest BCUT2D eigenvalue weighted by Gasteiger charge is 2.23. The fourth-order valence-electron chi connectivity index (χ4n) is 2.03. The third-order valence-corrected chi connectivity index (χ3v) is 3.34. The smallest absolute Gasteiger partial charge is 0.306 e. The van der Waals surface area contributed by atoms with Gasteiger partial charge in [-0.3, -0.25) is 9.59 Å². The highest BCUT2D eigenvalue weighted by molar-refractivity contribution is 5.86. The van der Waals surface area contributed by atoms with Gasteiger partial charge in [0.15, 0.2) is 0 Å². The van der Waals surface area contributed by atoms with Crippen molar-refractivity contribution in [1.82, 2.24) is 14.8 Å². The lowest BCUT2D eigenvalue weighted by Crippen LogP contribution is -2.25. The van der Waals surface area contributed by atoms with Crippen molar-refractivity contribution in [3.05, 3.63) is 23.9 Å². The Morgan fingerprint density at radius 3 is 2.64 bits per heavy atom. The average Bonchev–Trinajstić information content (AvgIpc) is 3.00. The van der Waals surface area contributed by atoms with E-state index >= 15 is 0 Å². The van der Waals surface area contributed by atoms with Crippen molar-refractivity contribution in [2.45, 2.75) is 40.5 Å². The molecule has 0 fully saturated rings. The number of carbonyl (C=O) groups is 2. The van der Waals surface area contributed by atoms with Crippen molar-refractivity contribution in [1.29, 1.82) is 0 Å². The minimum absolute atomic E-state index is 0.00218. The standard InChI is InChI=1S/C17H27N5O3/c1-6-9-10-13(7-2)19-16-20-17(18-5)22(21-16)15(24)12(4)11-14(23)25-8-3/h7,9-10,12H,6,8,11H2,1-5H3,(H2,18,19,20,21)/b10-9-,13-7+. The van der Waals surface area contributed by atoms with Crippen LogP contribution >= 0.6 is 0 Å². The van der Waals surface area contributed by atoms with Crippen LogP contribution in [0, 0.1) is 5.92 Å². The maximum atomic E-state index is 12.6. The van der Waals surface area contributed by atoms with Gasteiger partial charge in [-0.15, -0.1) is 5.10 Å². The van der Waals surface area contributed by atoms with Gasteiger partial charge in [-0.05, 0) is 26.3 Å². The van der Waals surface area contributed by atoms with E-state index < -0.39 is 11.9 Å². The highest BCUT2D eigenvalue weighted by Crippen LogP contribution is 2.15. The Kier molecular flexibility index (Phi) is 8.38. The molecule has 0 saturated carbocycles. The van der Waals surface area contributed by atoms with Crippen LogP contribution in [0.3, 0.4) is 0 Å². The Labute approximate surface area is 148 Å². The second-order valence-corrected chi connectivity index (χ2v) is 5.35. The summed E-state index contributed by atoms with van der Waals surface area (Å²) in [6, 6.07) is 0. The van der Waals surface area contributed by atoms with Crippen LogP contribution in [0.1, 0.15) is 45.3 Å².